The number of hydrogen-bond acceptors (Lipinski definition) is 2. The largest absolute Gasteiger partial charge is 0.494 e. The fourth-order valence-electron chi connectivity index (χ4n) is 2.37. The van der Waals surface area contributed by atoms with Crippen molar-refractivity contribution in [2.24, 2.45) is 0 Å². The second kappa shape index (κ2) is 7.11. The summed E-state index contributed by atoms with van der Waals surface area (Å²) in [4.78, 5) is 0. The standard InChI is InChI=1S/C18H23NO/c1-4-20-17-10-7-9-16(12-17)13-19-15(3)18-11-6-5-8-14(18)2/h5-12,15,19H,4,13H2,1-3H3/t15-/m1/s1. The molecule has 0 aromatic heterocycles. The molecule has 0 saturated carbocycles. The zero-order chi connectivity index (χ0) is 14.4. The Hall–Kier alpha value is -1.80. The number of rotatable bonds is 6. The van der Waals surface area contributed by atoms with Crippen LogP contribution in [0.5, 0.6) is 5.75 Å². The van der Waals surface area contributed by atoms with E-state index >= 15 is 0 Å². The molecule has 0 saturated heterocycles. The lowest BCUT2D eigenvalue weighted by atomic mass is 10.0. The van der Waals surface area contributed by atoms with Crippen molar-refractivity contribution < 1.29 is 4.74 Å². The number of hydrogen-bond donors (Lipinski definition) is 1. The van der Waals surface area contributed by atoms with Gasteiger partial charge in [-0.1, -0.05) is 36.4 Å². The maximum Gasteiger partial charge on any atom is 0.119 e. The minimum absolute atomic E-state index is 0.340. The normalized spacial score (nSPS) is 12.2. The Kier molecular flexibility index (Phi) is 5.19. The highest BCUT2D eigenvalue weighted by molar-refractivity contribution is 5.30. The van der Waals surface area contributed by atoms with E-state index in [-0.39, 0.29) is 0 Å². The van der Waals surface area contributed by atoms with Gasteiger partial charge in [0.2, 0.25) is 0 Å². The predicted molar refractivity (Wildman–Crippen MR) is 84.0 cm³/mol. The molecule has 2 nitrogen and oxygen atoms in total. The Bertz CT molecular complexity index is 551. The quantitative estimate of drug-likeness (QED) is 0.846. The summed E-state index contributed by atoms with van der Waals surface area (Å²) in [5.41, 5.74) is 3.93. The van der Waals surface area contributed by atoms with Gasteiger partial charge >= 0.3 is 0 Å². The van der Waals surface area contributed by atoms with Crippen LogP contribution in [0.25, 0.3) is 0 Å². The topological polar surface area (TPSA) is 21.3 Å². The minimum Gasteiger partial charge on any atom is -0.494 e. The van der Waals surface area contributed by atoms with Gasteiger partial charge in [-0.3, -0.25) is 0 Å². The highest BCUT2D eigenvalue weighted by Crippen LogP contribution is 2.18. The summed E-state index contributed by atoms with van der Waals surface area (Å²) in [6, 6.07) is 17.1. The second-order valence-electron chi connectivity index (χ2n) is 5.04. The lowest BCUT2D eigenvalue weighted by Gasteiger charge is -2.17. The Morgan fingerprint density at radius 3 is 2.65 bits per heavy atom. The van der Waals surface area contributed by atoms with E-state index in [9.17, 15) is 0 Å². The van der Waals surface area contributed by atoms with Gasteiger partial charge < -0.3 is 10.1 Å². The molecule has 2 aromatic rings. The summed E-state index contributed by atoms with van der Waals surface area (Å²) in [6.45, 7) is 7.91. The van der Waals surface area contributed by atoms with E-state index in [4.69, 9.17) is 4.74 Å². The maximum atomic E-state index is 5.53. The predicted octanol–water partition coefficient (Wildman–Crippen LogP) is 4.24. The zero-order valence-corrected chi connectivity index (χ0v) is 12.5. The van der Waals surface area contributed by atoms with Crippen LogP contribution in [0.1, 0.15) is 36.6 Å². The number of ether oxygens (including phenoxy) is 1. The third-order valence-electron chi connectivity index (χ3n) is 3.48. The van der Waals surface area contributed by atoms with E-state index in [1.807, 2.05) is 19.1 Å². The molecule has 0 aliphatic heterocycles. The van der Waals surface area contributed by atoms with Gasteiger partial charge in [-0.15, -0.1) is 0 Å². The average molecular weight is 269 g/mol. The van der Waals surface area contributed by atoms with E-state index in [0.29, 0.717) is 12.6 Å². The summed E-state index contributed by atoms with van der Waals surface area (Å²) >= 11 is 0. The molecule has 2 rings (SSSR count). The number of nitrogens with one attached hydrogen (secondary N) is 1. The highest BCUT2D eigenvalue weighted by atomic mass is 16.5. The van der Waals surface area contributed by atoms with Crippen LogP contribution in [-0.2, 0) is 6.54 Å². The van der Waals surface area contributed by atoms with E-state index < -0.39 is 0 Å². The molecule has 106 valence electrons. The van der Waals surface area contributed by atoms with Crippen LogP contribution in [0.15, 0.2) is 48.5 Å². The average Bonchev–Trinajstić information content (AvgIpc) is 2.46. The van der Waals surface area contributed by atoms with Crippen LogP contribution in [-0.4, -0.2) is 6.61 Å². The highest BCUT2D eigenvalue weighted by Gasteiger charge is 2.07. The molecule has 0 amide bonds. The second-order valence-corrected chi connectivity index (χ2v) is 5.04. The van der Waals surface area contributed by atoms with E-state index in [0.717, 1.165) is 12.3 Å². The zero-order valence-electron chi connectivity index (χ0n) is 12.5. The maximum absolute atomic E-state index is 5.53. The molecule has 0 heterocycles. The molecule has 0 fully saturated rings. The summed E-state index contributed by atoms with van der Waals surface area (Å²) in [5.74, 6) is 0.940. The molecule has 0 spiro atoms. The van der Waals surface area contributed by atoms with Crippen LogP contribution in [0.4, 0.5) is 0 Å². The van der Waals surface area contributed by atoms with Crippen molar-refractivity contribution >= 4 is 0 Å². The van der Waals surface area contributed by atoms with Crippen molar-refractivity contribution in [1.29, 1.82) is 0 Å². The van der Waals surface area contributed by atoms with Gasteiger partial charge in [0, 0.05) is 12.6 Å². The molecular weight excluding hydrogens is 246 g/mol. The first kappa shape index (κ1) is 14.6. The molecule has 1 N–H and O–H groups in total. The van der Waals surface area contributed by atoms with Gasteiger partial charge in [-0.25, -0.2) is 0 Å². The molecule has 20 heavy (non-hydrogen) atoms. The van der Waals surface area contributed by atoms with Gasteiger partial charge in [0.25, 0.3) is 0 Å². The Morgan fingerprint density at radius 2 is 1.90 bits per heavy atom. The molecule has 0 aliphatic rings. The molecule has 0 bridgehead atoms. The van der Waals surface area contributed by atoms with Gasteiger partial charge in [0.1, 0.15) is 5.75 Å². The summed E-state index contributed by atoms with van der Waals surface area (Å²) < 4.78 is 5.53. The molecule has 2 aromatic carbocycles. The molecule has 0 radical (unpaired) electrons. The van der Waals surface area contributed by atoms with Crippen molar-refractivity contribution in [2.45, 2.75) is 33.4 Å². The SMILES string of the molecule is CCOc1cccc(CN[C@H](C)c2ccccc2C)c1. The van der Waals surface area contributed by atoms with Crippen molar-refractivity contribution in [1.82, 2.24) is 5.32 Å². The molecule has 0 aliphatic carbocycles. The molecular formula is C18H23NO. The monoisotopic (exact) mass is 269 g/mol. The Balaban J connectivity index is 1.98. The lowest BCUT2D eigenvalue weighted by molar-refractivity contribution is 0.339. The van der Waals surface area contributed by atoms with Crippen LogP contribution in [0.2, 0.25) is 0 Å². The van der Waals surface area contributed by atoms with Crippen LogP contribution in [0, 0.1) is 6.92 Å². The van der Waals surface area contributed by atoms with Crippen molar-refractivity contribution in [3.63, 3.8) is 0 Å². The summed E-state index contributed by atoms with van der Waals surface area (Å²) in [5, 5.41) is 3.57. The molecule has 0 unspecified atom stereocenters. The van der Waals surface area contributed by atoms with Crippen molar-refractivity contribution in [2.75, 3.05) is 6.61 Å². The number of benzene rings is 2. The first-order valence-corrected chi connectivity index (χ1v) is 7.21. The van der Waals surface area contributed by atoms with E-state index in [2.05, 4.69) is 55.6 Å². The number of aryl methyl sites for hydroxylation is 1. The third kappa shape index (κ3) is 3.84. The smallest absolute Gasteiger partial charge is 0.119 e. The van der Waals surface area contributed by atoms with E-state index in [1.165, 1.54) is 16.7 Å². The molecule has 2 heteroatoms. The first-order chi connectivity index (χ1) is 9.70. The fourth-order valence-corrected chi connectivity index (χ4v) is 2.37. The van der Waals surface area contributed by atoms with Crippen LogP contribution in [0.3, 0.4) is 0 Å². The fraction of sp³-hybridized carbons (Fsp3) is 0.333. The van der Waals surface area contributed by atoms with Crippen molar-refractivity contribution in [3.8, 4) is 5.75 Å². The molecule has 1 atom stereocenters. The van der Waals surface area contributed by atoms with Gasteiger partial charge in [0.15, 0.2) is 0 Å². The van der Waals surface area contributed by atoms with Crippen LogP contribution >= 0.6 is 0 Å². The minimum atomic E-state index is 0.340. The first-order valence-electron chi connectivity index (χ1n) is 7.21. The lowest BCUT2D eigenvalue weighted by Crippen LogP contribution is -2.18. The summed E-state index contributed by atoms with van der Waals surface area (Å²) in [6.07, 6.45) is 0. The van der Waals surface area contributed by atoms with Gasteiger partial charge in [0.05, 0.1) is 6.61 Å². The van der Waals surface area contributed by atoms with Crippen molar-refractivity contribution in [3.05, 3.63) is 65.2 Å². The summed E-state index contributed by atoms with van der Waals surface area (Å²) in [7, 11) is 0. The Labute approximate surface area is 121 Å². The van der Waals surface area contributed by atoms with Gasteiger partial charge in [-0.2, -0.15) is 0 Å². The van der Waals surface area contributed by atoms with E-state index in [1.54, 1.807) is 0 Å². The third-order valence-corrected chi connectivity index (χ3v) is 3.48. The Morgan fingerprint density at radius 1 is 1.10 bits per heavy atom. The van der Waals surface area contributed by atoms with Gasteiger partial charge in [-0.05, 0) is 49.6 Å². The van der Waals surface area contributed by atoms with Crippen LogP contribution < -0.4 is 10.1 Å².